The Hall–Kier alpha value is -3.37. The van der Waals surface area contributed by atoms with Crippen molar-refractivity contribution in [2.24, 2.45) is 10.3 Å². The van der Waals surface area contributed by atoms with E-state index in [4.69, 9.17) is 15.2 Å². The SMILES string of the molecule is C/C(=N/O)C(C)(C)NCCN(CCNC(=O)c1ccc(CSCC(O)C2OC(=O)C(O)=C2O)cc1)CCNC(C)(C)/C(C)=N/O. The van der Waals surface area contributed by atoms with Crippen LogP contribution >= 0.6 is 11.8 Å². The molecule has 1 aromatic carbocycles. The summed E-state index contributed by atoms with van der Waals surface area (Å²) in [5, 5.41) is 64.0. The highest BCUT2D eigenvalue weighted by molar-refractivity contribution is 7.98. The second kappa shape index (κ2) is 17.4. The monoisotopic (exact) mass is 652 g/mol. The normalized spacial score (nSPS) is 17.2. The third-order valence-electron chi connectivity index (χ3n) is 7.87. The second-order valence-electron chi connectivity index (χ2n) is 11.9. The van der Waals surface area contributed by atoms with Gasteiger partial charge in [0.25, 0.3) is 5.91 Å². The molecule has 1 amide bonds. The van der Waals surface area contributed by atoms with E-state index >= 15 is 0 Å². The molecule has 1 aliphatic heterocycles. The molecule has 0 spiro atoms. The van der Waals surface area contributed by atoms with Gasteiger partial charge in [0.15, 0.2) is 11.9 Å². The standard InChI is InChI=1S/C30H48N6O8S/c1-19(34-42)29(3,4)32-12-15-36(16-13-33-30(5,6)20(2)35-43)14-11-31-27(40)22-9-7-21(8-10-22)17-45-18-23(37)26-24(38)25(39)28(41)44-26/h7-10,23,26,32-33,37-39,42-43H,11-18H2,1-6H3,(H,31,40)/b34-19-,35-20+. The van der Waals surface area contributed by atoms with Crippen LogP contribution in [-0.4, -0.2) is 122 Å². The number of carbonyl (C=O) groups is 2. The lowest BCUT2D eigenvalue weighted by Gasteiger charge is -2.30. The Morgan fingerprint density at radius 3 is 1.93 bits per heavy atom. The first-order chi connectivity index (χ1) is 21.1. The molecule has 2 rings (SSSR count). The van der Waals surface area contributed by atoms with Crippen LogP contribution in [0.25, 0.3) is 0 Å². The second-order valence-corrected chi connectivity index (χ2v) is 12.9. The Kier molecular flexibility index (Phi) is 14.6. The number of carbonyl (C=O) groups excluding carboxylic acids is 2. The topological polar surface area (TPSA) is 209 Å². The summed E-state index contributed by atoms with van der Waals surface area (Å²) in [5.74, 6) is -2.17. The lowest BCUT2D eigenvalue weighted by Crippen LogP contribution is -2.51. The van der Waals surface area contributed by atoms with Gasteiger partial charge in [-0.1, -0.05) is 22.4 Å². The van der Waals surface area contributed by atoms with Crippen LogP contribution in [0, 0.1) is 0 Å². The van der Waals surface area contributed by atoms with Crippen LogP contribution in [0.3, 0.4) is 0 Å². The van der Waals surface area contributed by atoms with Gasteiger partial charge < -0.3 is 46.4 Å². The van der Waals surface area contributed by atoms with Crippen LogP contribution in [0.1, 0.15) is 57.5 Å². The predicted molar refractivity (Wildman–Crippen MR) is 174 cm³/mol. The van der Waals surface area contributed by atoms with Gasteiger partial charge in [-0.3, -0.25) is 9.69 Å². The average molecular weight is 653 g/mol. The predicted octanol–water partition coefficient (Wildman–Crippen LogP) is 2.00. The fourth-order valence-corrected chi connectivity index (χ4v) is 5.15. The Morgan fingerprint density at radius 2 is 1.47 bits per heavy atom. The lowest BCUT2D eigenvalue weighted by molar-refractivity contribution is -0.146. The molecule has 0 bridgehead atoms. The van der Waals surface area contributed by atoms with E-state index in [2.05, 4.69) is 31.2 Å². The van der Waals surface area contributed by atoms with Crippen molar-refractivity contribution in [3.8, 4) is 0 Å². The molecule has 0 radical (unpaired) electrons. The van der Waals surface area contributed by atoms with Crippen LogP contribution < -0.4 is 16.0 Å². The minimum atomic E-state index is -1.28. The van der Waals surface area contributed by atoms with Crippen LogP contribution in [0.2, 0.25) is 0 Å². The van der Waals surface area contributed by atoms with Gasteiger partial charge in [0.05, 0.1) is 22.5 Å². The molecule has 1 aromatic rings. The largest absolute Gasteiger partial charge is 0.505 e. The average Bonchev–Trinajstić information content (AvgIpc) is 3.26. The number of aliphatic hydroxyl groups is 3. The minimum absolute atomic E-state index is 0.150. The summed E-state index contributed by atoms with van der Waals surface area (Å²) in [6.45, 7) is 14.8. The van der Waals surface area contributed by atoms with E-state index in [1.165, 1.54) is 11.8 Å². The maximum absolute atomic E-state index is 12.8. The number of amides is 1. The fraction of sp³-hybridized carbons (Fsp3) is 0.600. The number of esters is 1. The van der Waals surface area contributed by atoms with Crippen LogP contribution in [-0.2, 0) is 15.3 Å². The Bertz CT molecular complexity index is 1200. The molecule has 0 aromatic heterocycles. The van der Waals surface area contributed by atoms with Crippen molar-refractivity contribution >= 4 is 35.1 Å². The van der Waals surface area contributed by atoms with Gasteiger partial charge in [-0.05, 0) is 59.2 Å². The first-order valence-corrected chi connectivity index (χ1v) is 15.8. The van der Waals surface area contributed by atoms with Crippen LogP contribution in [0.5, 0.6) is 0 Å². The van der Waals surface area contributed by atoms with Crippen molar-refractivity contribution in [1.29, 1.82) is 0 Å². The molecule has 1 heterocycles. The van der Waals surface area contributed by atoms with Gasteiger partial charge in [0, 0.05) is 56.3 Å². The molecule has 2 unspecified atom stereocenters. The number of thioether (sulfide) groups is 1. The van der Waals surface area contributed by atoms with E-state index in [0.717, 1.165) is 5.56 Å². The molecule has 0 aliphatic carbocycles. The first kappa shape index (κ1) is 37.8. The van der Waals surface area contributed by atoms with E-state index in [1.54, 1.807) is 26.0 Å². The summed E-state index contributed by atoms with van der Waals surface area (Å²) in [7, 11) is 0. The number of hydrogen-bond donors (Lipinski definition) is 8. The summed E-state index contributed by atoms with van der Waals surface area (Å²) in [5.41, 5.74) is 1.59. The number of aliphatic hydroxyl groups excluding tert-OH is 3. The van der Waals surface area contributed by atoms with E-state index in [9.17, 15) is 24.9 Å². The molecule has 0 saturated heterocycles. The van der Waals surface area contributed by atoms with Crippen molar-refractivity contribution in [2.45, 2.75) is 70.6 Å². The molecule has 252 valence electrons. The van der Waals surface area contributed by atoms with E-state index in [0.29, 0.717) is 62.0 Å². The maximum Gasteiger partial charge on any atom is 0.377 e. The summed E-state index contributed by atoms with van der Waals surface area (Å²) in [6.07, 6.45) is -2.47. The Balaban J connectivity index is 1.86. The summed E-state index contributed by atoms with van der Waals surface area (Å²) in [6, 6.07) is 7.07. The zero-order valence-corrected chi connectivity index (χ0v) is 27.6. The minimum Gasteiger partial charge on any atom is -0.505 e. The van der Waals surface area contributed by atoms with Gasteiger partial charge in [0.1, 0.15) is 6.10 Å². The number of hydrogen-bond acceptors (Lipinski definition) is 14. The number of benzene rings is 1. The smallest absolute Gasteiger partial charge is 0.377 e. The molecular formula is C30H48N6O8S. The number of cyclic esters (lactones) is 1. The highest BCUT2D eigenvalue weighted by atomic mass is 32.2. The van der Waals surface area contributed by atoms with Crippen molar-refractivity contribution in [1.82, 2.24) is 20.9 Å². The molecule has 0 fully saturated rings. The van der Waals surface area contributed by atoms with Crippen LogP contribution in [0.4, 0.5) is 0 Å². The summed E-state index contributed by atoms with van der Waals surface area (Å²) in [4.78, 5) is 26.3. The number of ether oxygens (including phenoxy) is 1. The lowest BCUT2D eigenvalue weighted by atomic mass is 9.99. The molecule has 8 N–H and O–H groups in total. The third-order valence-corrected chi connectivity index (χ3v) is 8.99. The highest BCUT2D eigenvalue weighted by Crippen LogP contribution is 2.24. The number of nitrogens with one attached hydrogen (secondary N) is 3. The van der Waals surface area contributed by atoms with Crippen molar-refractivity contribution < 1.29 is 40.1 Å². The number of rotatable bonds is 19. The van der Waals surface area contributed by atoms with Crippen molar-refractivity contribution in [3.63, 3.8) is 0 Å². The van der Waals surface area contributed by atoms with Gasteiger partial charge in [-0.2, -0.15) is 11.8 Å². The molecule has 15 heteroatoms. The van der Waals surface area contributed by atoms with Crippen molar-refractivity contribution in [3.05, 3.63) is 46.9 Å². The Morgan fingerprint density at radius 1 is 0.956 bits per heavy atom. The summed E-state index contributed by atoms with van der Waals surface area (Å²) < 4.78 is 4.77. The van der Waals surface area contributed by atoms with Gasteiger partial charge in [-0.25, -0.2) is 4.79 Å². The molecule has 14 nitrogen and oxygen atoms in total. The van der Waals surface area contributed by atoms with Gasteiger partial charge in [-0.15, -0.1) is 0 Å². The van der Waals surface area contributed by atoms with Crippen molar-refractivity contribution in [2.75, 3.05) is 45.0 Å². The van der Waals surface area contributed by atoms with E-state index in [1.807, 2.05) is 39.8 Å². The molecule has 45 heavy (non-hydrogen) atoms. The van der Waals surface area contributed by atoms with Gasteiger partial charge >= 0.3 is 5.97 Å². The van der Waals surface area contributed by atoms with E-state index < -0.39 is 40.8 Å². The molecule has 0 saturated carbocycles. The van der Waals surface area contributed by atoms with Gasteiger partial charge in [0.2, 0.25) is 5.76 Å². The van der Waals surface area contributed by atoms with Crippen LogP contribution in [0.15, 0.2) is 46.1 Å². The third kappa shape index (κ3) is 11.5. The maximum atomic E-state index is 12.8. The number of nitrogens with zero attached hydrogens (tertiary/aromatic N) is 3. The zero-order valence-electron chi connectivity index (χ0n) is 26.8. The fourth-order valence-electron chi connectivity index (χ4n) is 4.19. The molecule has 2 atom stereocenters. The van der Waals surface area contributed by atoms with E-state index in [-0.39, 0.29) is 11.7 Å². The molecular weight excluding hydrogens is 604 g/mol. The number of oxime groups is 2. The summed E-state index contributed by atoms with van der Waals surface area (Å²) >= 11 is 1.35. The Labute approximate surface area is 268 Å². The quantitative estimate of drug-likeness (QED) is 0.0467. The zero-order chi connectivity index (χ0) is 33.8. The highest BCUT2D eigenvalue weighted by Gasteiger charge is 2.39. The molecule has 1 aliphatic rings. The first-order valence-electron chi connectivity index (χ1n) is 14.7.